The highest BCUT2D eigenvalue weighted by molar-refractivity contribution is 7.15. The minimum atomic E-state index is -0.228. The molecule has 5 nitrogen and oxygen atoms in total. The summed E-state index contributed by atoms with van der Waals surface area (Å²) in [4.78, 5) is 17.8. The molecule has 2 aromatic carbocycles. The lowest BCUT2D eigenvalue weighted by Crippen LogP contribution is -2.20. The van der Waals surface area contributed by atoms with Crippen LogP contribution < -0.4 is 10.1 Å². The van der Waals surface area contributed by atoms with Gasteiger partial charge in [-0.3, -0.25) is 9.20 Å². The molecule has 0 saturated heterocycles. The summed E-state index contributed by atoms with van der Waals surface area (Å²) in [6.07, 6.45) is 3.95. The number of carbonyl (C=O) groups excluding carboxylic acids is 1. The quantitative estimate of drug-likeness (QED) is 0.481. The van der Waals surface area contributed by atoms with Crippen molar-refractivity contribution in [3.8, 4) is 17.0 Å². The van der Waals surface area contributed by atoms with Gasteiger partial charge in [-0.15, -0.1) is 11.3 Å². The van der Waals surface area contributed by atoms with Crippen LogP contribution in [0.4, 0.5) is 5.69 Å². The molecule has 2 aromatic heterocycles. The molecule has 7 heteroatoms. The van der Waals surface area contributed by atoms with Gasteiger partial charge in [-0.05, 0) is 49.2 Å². The second kappa shape index (κ2) is 7.66. The van der Waals surface area contributed by atoms with Crippen LogP contribution in [0.15, 0.2) is 54.2 Å². The SMILES string of the molecule is Cc1cc(OCC(=O)Nc2cccc(-c3cn4ccsc4n3)c2)cc(C)c1Cl. The number of rotatable bonds is 5. The number of hydrogen-bond donors (Lipinski definition) is 1. The number of halogens is 1. The van der Waals surface area contributed by atoms with E-state index in [4.69, 9.17) is 16.3 Å². The lowest BCUT2D eigenvalue weighted by molar-refractivity contribution is -0.118. The van der Waals surface area contributed by atoms with E-state index in [1.165, 1.54) is 0 Å². The number of anilines is 1. The van der Waals surface area contributed by atoms with E-state index < -0.39 is 0 Å². The van der Waals surface area contributed by atoms with Crippen LogP contribution in [0.2, 0.25) is 5.02 Å². The van der Waals surface area contributed by atoms with Gasteiger partial charge in [-0.2, -0.15) is 0 Å². The third-order valence-electron chi connectivity index (χ3n) is 4.32. The van der Waals surface area contributed by atoms with Crippen molar-refractivity contribution in [3.05, 3.63) is 70.3 Å². The van der Waals surface area contributed by atoms with Crippen molar-refractivity contribution in [2.45, 2.75) is 13.8 Å². The molecule has 0 unspecified atom stereocenters. The summed E-state index contributed by atoms with van der Waals surface area (Å²) >= 11 is 7.74. The monoisotopic (exact) mass is 411 g/mol. The van der Waals surface area contributed by atoms with Crippen LogP contribution in [0.5, 0.6) is 5.75 Å². The first kappa shape index (κ1) is 18.5. The van der Waals surface area contributed by atoms with Gasteiger partial charge in [0.15, 0.2) is 11.6 Å². The molecule has 1 N–H and O–H groups in total. The Balaban J connectivity index is 1.42. The number of nitrogens with one attached hydrogen (secondary N) is 1. The van der Waals surface area contributed by atoms with Crippen molar-refractivity contribution < 1.29 is 9.53 Å². The van der Waals surface area contributed by atoms with E-state index in [0.717, 1.165) is 27.3 Å². The zero-order valence-corrected chi connectivity index (χ0v) is 17.0. The highest BCUT2D eigenvalue weighted by atomic mass is 35.5. The largest absolute Gasteiger partial charge is 0.484 e. The maximum atomic E-state index is 12.3. The van der Waals surface area contributed by atoms with Crippen molar-refractivity contribution >= 4 is 39.5 Å². The van der Waals surface area contributed by atoms with Gasteiger partial charge in [0.2, 0.25) is 0 Å². The minimum absolute atomic E-state index is 0.0784. The molecule has 1 amide bonds. The lowest BCUT2D eigenvalue weighted by atomic mass is 10.1. The Hall–Kier alpha value is -2.83. The number of hydrogen-bond acceptors (Lipinski definition) is 4. The van der Waals surface area contributed by atoms with Crippen molar-refractivity contribution in [2.24, 2.45) is 0 Å². The van der Waals surface area contributed by atoms with E-state index in [-0.39, 0.29) is 12.5 Å². The molecule has 4 aromatic rings. The zero-order chi connectivity index (χ0) is 19.7. The number of nitrogens with zero attached hydrogens (tertiary/aromatic N) is 2. The molecule has 0 aliphatic rings. The predicted octanol–water partition coefficient (Wildman–Crippen LogP) is 5.35. The van der Waals surface area contributed by atoms with Crippen molar-refractivity contribution in [3.63, 3.8) is 0 Å². The van der Waals surface area contributed by atoms with Gasteiger partial charge in [0, 0.05) is 34.0 Å². The average Bonchev–Trinajstić information content (AvgIpc) is 3.27. The number of fused-ring (bicyclic) bond motifs is 1. The Kier molecular flexibility index (Phi) is 5.07. The Morgan fingerprint density at radius 3 is 2.79 bits per heavy atom. The average molecular weight is 412 g/mol. The van der Waals surface area contributed by atoms with Gasteiger partial charge in [0.05, 0.1) is 5.69 Å². The Morgan fingerprint density at radius 2 is 2.04 bits per heavy atom. The standard InChI is InChI=1S/C21H18ClN3O2S/c1-13-8-17(9-14(2)20(13)22)27-12-19(26)23-16-5-3-4-15(10-16)18-11-25-6-7-28-21(25)24-18/h3-11H,12H2,1-2H3,(H,23,26). The number of imidazole rings is 1. The fourth-order valence-corrected chi connectivity index (χ4v) is 3.77. The fourth-order valence-electron chi connectivity index (χ4n) is 2.96. The summed E-state index contributed by atoms with van der Waals surface area (Å²) < 4.78 is 7.60. The van der Waals surface area contributed by atoms with Gasteiger partial charge >= 0.3 is 0 Å². The molecule has 28 heavy (non-hydrogen) atoms. The van der Waals surface area contributed by atoms with E-state index in [2.05, 4.69) is 10.3 Å². The Labute approximate surface area is 171 Å². The first-order valence-corrected chi connectivity index (χ1v) is 9.97. The van der Waals surface area contributed by atoms with Gasteiger partial charge in [-0.1, -0.05) is 23.7 Å². The van der Waals surface area contributed by atoms with Crippen LogP contribution in [0, 0.1) is 13.8 Å². The topological polar surface area (TPSA) is 55.6 Å². The number of aromatic nitrogens is 2. The summed E-state index contributed by atoms with van der Waals surface area (Å²) in [5.41, 5.74) is 4.35. The summed E-state index contributed by atoms with van der Waals surface area (Å²) in [7, 11) is 0. The second-order valence-electron chi connectivity index (χ2n) is 6.51. The number of carbonyl (C=O) groups is 1. The lowest BCUT2D eigenvalue weighted by Gasteiger charge is -2.11. The van der Waals surface area contributed by atoms with Gasteiger partial charge in [0.25, 0.3) is 5.91 Å². The minimum Gasteiger partial charge on any atom is -0.484 e. The van der Waals surface area contributed by atoms with Gasteiger partial charge < -0.3 is 10.1 Å². The van der Waals surface area contributed by atoms with Crippen LogP contribution >= 0.6 is 22.9 Å². The summed E-state index contributed by atoms with van der Waals surface area (Å²) in [6, 6.07) is 11.3. The first-order valence-electron chi connectivity index (χ1n) is 8.71. The number of amides is 1. The van der Waals surface area contributed by atoms with E-state index in [0.29, 0.717) is 16.5 Å². The molecule has 0 aliphatic heterocycles. The smallest absolute Gasteiger partial charge is 0.262 e. The molecule has 0 fully saturated rings. The maximum Gasteiger partial charge on any atom is 0.262 e. The highest BCUT2D eigenvalue weighted by Gasteiger charge is 2.09. The van der Waals surface area contributed by atoms with E-state index in [1.807, 2.05) is 72.4 Å². The van der Waals surface area contributed by atoms with E-state index in [1.54, 1.807) is 11.3 Å². The van der Waals surface area contributed by atoms with Gasteiger partial charge in [-0.25, -0.2) is 4.98 Å². The molecular weight excluding hydrogens is 394 g/mol. The van der Waals surface area contributed by atoms with Crippen LogP contribution in [0.3, 0.4) is 0 Å². The molecule has 0 atom stereocenters. The zero-order valence-electron chi connectivity index (χ0n) is 15.4. The van der Waals surface area contributed by atoms with Crippen molar-refractivity contribution in [1.29, 1.82) is 0 Å². The number of thiazole rings is 1. The van der Waals surface area contributed by atoms with Crippen LogP contribution in [0.25, 0.3) is 16.2 Å². The summed E-state index contributed by atoms with van der Waals surface area (Å²) in [6.45, 7) is 3.74. The highest BCUT2D eigenvalue weighted by Crippen LogP contribution is 2.26. The second-order valence-corrected chi connectivity index (χ2v) is 7.76. The molecular formula is C21H18ClN3O2S. The molecule has 0 saturated carbocycles. The molecule has 4 rings (SSSR count). The van der Waals surface area contributed by atoms with E-state index in [9.17, 15) is 4.79 Å². The summed E-state index contributed by atoms with van der Waals surface area (Å²) in [5.74, 6) is 0.398. The predicted molar refractivity (Wildman–Crippen MR) is 114 cm³/mol. The normalized spacial score (nSPS) is 11.0. The van der Waals surface area contributed by atoms with Crippen LogP contribution in [-0.2, 0) is 4.79 Å². The Bertz CT molecular complexity index is 1110. The maximum absolute atomic E-state index is 12.3. The molecule has 0 radical (unpaired) electrons. The number of benzene rings is 2. The van der Waals surface area contributed by atoms with Crippen LogP contribution in [-0.4, -0.2) is 21.9 Å². The summed E-state index contributed by atoms with van der Waals surface area (Å²) in [5, 5.41) is 5.58. The number of aryl methyl sites for hydroxylation is 2. The third kappa shape index (κ3) is 3.88. The van der Waals surface area contributed by atoms with E-state index >= 15 is 0 Å². The van der Waals surface area contributed by atoms with Gasteiger partial charge in [0.1, 0.15) is 5.75 Å². The third-order valence-corrected chi connectivity index (χ3v) is 5.68. The molecule has 2 heterocycles. The van der Waals surface area contributed by atoms with Crippen LogP contribution in [0.1, 0.15) is 11.1 Å². The van der Waals surface area contributed by atoms with Crippen molar-refractivity contribution in [2.75, 3.05) is 11.9 Å². The number of ether oxygens (including phenoxy) is 1. The fraction of sp³-hybridized carbons (Fsp3) is 0.143. The molecule has 0 bridgehead atoms. The molecule has 142 valence electrons. The molecule has 0 aliphatic carbocycles. The first-order chi connectivity index (χ1) is 13.5. The Morgan fingerprint density at radius 1 is 1.25 bits per heavy atom. The molecule has 0 spiro atoms. The van der Waals surface area contributed by atoms with Crippen molar-refractivity contribution in [1.82, 2.24) is 9.38 Å².